The van der Waals surface area contributed by atoms with E-state index in [1.54, 1.807) is 13.8 Å². The van der Waals surface area contributed by atoms with Gasteiger partial charge in [-0.3, -0.25) is 0 Å². The summed E-state index contributed by atoms with van der Waals surface area (Å²) in [4.78, 5) is 0. The van der Waals surface area contributed by atoms with Crippen LogP contribution in [0.15, 0.2) is 0 Å². The molecule has 2 aliphatic carbocycles. The van der Waals surface area contributed by atoms with E-state index in [9.17, 15) is 5.11 Å². The van der Waals surface area contributed by atoms with Crippen molar-refractivity contribution in [2.24, 2.45) is 11.8 Å². The fourth-order valence-electron chi connectivity index (χ4n) is 3.52. The molecule has 0 aromatic rings. The summed E-state index contributed by atoms with van der Waals surface area (Å²) < 4.78 is 5.92. The number of ether oxygens (including phenoxy) is 1. The third kappa shape index (κ3) is 1.70. The Hall–Kier alpha value is -0.0800. The van der Waals surface area contributed by atoms with Crippen molar-refractivity contribution in [2.45, 2.75) is 64.3 Å². The molecular formula is C12H22O2. The molecule has 0 aromatic heterocycles. The normalized spacial score (nSPS) is 42.0. The second-order valence-corrected chi connectivity index (χ2v) is 5.55. The number of fused-ring (bicyclic) bond motifs is 2. The lowest BCUT2D eigenvalue weighted by molar-refractivity contribution is -0.260. The molecular weight excluding hydrogens is 176 g/mol. The molecule has 3 atom stereocenters. The molecule has 2 heteroatoms. The second kappa shape index (κ2) is 3.21. The van der Waals surface area contributed by atoms with Crippen molar-refractivity contribution >= 4 is 0 Å². The van der Waals surface area contributed by atoms with Crippen LogP contribution in [0.3, 0.4) is 0 Å². The predicted molar refractivity (Wildman–Crippen MR) is 55.9 cm³/mol. The molecule has 0 aliphatic heterocycles. The van der Waals surface area contributed by atoms with Crippen LogP contribution in [0.5, 0.6) is 0 Å². The fraction of sp³-hybridized carbons (Fsp3) is 1.00. The number of hydrogen-bond donors (Lipinski definition) is 1. The van der Waals surface area contributed by atoms with Crippen LogP contribution >= 0.6 is 0 Å². The van der Waals surface area contributed by atoms with Crippen molar-refractivity contribution in [2.75, 3.05) is 0 Å². The van der Waals surface area contributed by atoms with Gasteiger partial charge in [0.2, 0.25) is 0 Å². The van der Waals surface area contributed by atoms with Crippen LogP contribution in [0.25, 0.3) is 0 Å². The van der Waals surface area contributed by atoms with Crippen molar-refractivity contribution in [1.29, 1.82) is 0 Å². The van der Waals surface area contributed by atoms with Crippen LogP contribution < -0.4 is 0 Å². The molecule has 2 fully saturated rings. The Morgan fingerprint density at radius 1 is 1.43 bits per heavy atom. The van der Waals surface area contributed by atoms with Crippen LogP contribution in [0.2, 0.25) is 0 Å². The zero-order valence-electron chi connectivity index (χ0n) is 9.55. The molecule has 14 heavy (non-hydrogen) atoms. The smallest absolute Gasteiger partial charge is 0.160 e. The maximum absolute atomic E-state index is 9.78. The van der Waals surface area contributed by atoms with E-state index in [1.165, 1.54) is 19.3 Å². The van der Waals surface area contributed by atoms with Crippen LogP contribution in [-0.4, -0.2) is 16.5 Å². The number of rotatable bonds is 3. The van der Waals surface area contributed by atoms with E-state index in [4.69, 9.17) is 4.74 Å². The van der Waals surface area contributed by atoms with Gasteiger partial charge in [-0.05, 0) is 57.8 Å². The quantitative estimate of drug-likeness (QED) is 0.706. The SMILES string of the molecule is CCC1(OC(C)(C)O)CC2CCC1C2. The van der Waals surface area contributed by atoms with Gasteiger partial charge in [-0.15, -0.1) is 0 Å². The van der Waals surface area contributed by atoms with Gasteiger partial charge in [0.15, 0.2) is 5.79 Å². The maximum Gasteiger partial charge on any atom is 0.160 e. The van der Waals surface area contributed by atoms with Gasteiger partial charge in [-0.1, -0.05) is 6.92 Å². The van der Waals surface area contributed by atoms with Crippen LogP contribution in [0.1, 0.15) is 52.9 Å². The number of hydrogen-bond acceptors (Lipinski definition) is 2. The Kier molecular flexibility index (Phi) is 2.39. The lowest BCUT2D eigenvalue weighted by Gasteiger charge is -2.41. The maximum atomic E-state index is 9.78. The second-order valence-electron chi connectivity index (χ2n) is 5.55. The van der Waals surface area contributed by atoms with Crippen molar-refractivity contribution in [1.82, 2.24) is 0 Å². The Bertz CT molecular complexity index is 219. The van der Waals surface area contributed by atoms with E-state index in [0.717, 1.165) is 18.8 Å². The van der Waals surface area contributed by atoms with Crippen molar-refractivity contribution in [3.05, 3.63) is 0 Å². The first-order valence-electron chi connectivity index (χ1n) is 5.88. The van der Waals surface area contributed by atoms with Crippen LogP contribution in [0.4, 0.5) is 0 Å². The monoisotopic (exact) mass is 198 g/mol. The van der Waals surface area contributed by atoms with Crippen LogP contribution in [0, 0.1) is 11.8 Å². The fourth-order valence-corrected chi connectivity index (χ4v) is 3.52. The predicted octanol–water partition coefficient (Wildman–Crippen LogP) is 2.70. The van der Waals surface area contributed by atoms with Gasteiger partial charge >= 0.3 is 0 Å². The molecule has 0 aromatic carbocycles. The summed E-state index contributed by atoms with van der Waals surface area (Å²) in [6, 6.07) is 0. The zero-order valence-corrected chi connectivity index (χ0v) is 9.55. The molecule has 2 bridgehead atoms. The highest BCUT2D eigenvalue weighted by Gasteiger charge is 2.52. The molecule has 2 aliphatic rings. The van der Waals surface area contributed by atoms with E-state index in [2.05, 4.69) is 6.92 Å². The van der Waals surface area contributed by atoms with Crippen molar-refractivity contribution in [3.63, 3.8) is 0 Å². The first kappa shape index (κ1) is 10.4. The molecule has 0 amide bonds. The zero-order chi connectivity index (χ0) is 10.4. The van der Waals surface area contributed by atoms with E-state index in [-0.39, 0.29) is 5.60 Å². The summed E-state index contributed by atoms with van der Waals surface area (Å²) in [6.07, 6.45) is 6.20. The Morgan fingerprint density at radius 3 is 2.50 bits per heavy atom. The summed E-state index contributed by atoms with van der Waals surface area (Å²) in [5, 5.41) is 9.78. The lowest BCUT2D eigenvalue weighted by Crippen LogP contribution is -2.44. The van der Waals surface area contributed by atoms with Crippen LogP contribution in [-0.2, 0) is 4.74 Å². The van der Waals surface area contributed by atoms with Gasteiger partial charge in [0, 0.05) is 0 Å². The summed E-state index contributed by atoms with van der Waals surface area (Å²) in [5.41, 5.74) is -0.0127. The Balaban J connectivity index is 2.11. The van der Waals surface area contributed by atoms with Crippen molar-refractivity contribution < 1.29 is 9.84 Å². The first-order valence-corrected chi connectivity index (χ1v) is 5.88. The lowest BCUT2D eigenvalue weighted by atomic mass is 9.82. The summed E-state index contributed by atoms with van der Waals surface area (Å²) >= 11 is 0. The van der Waals surface area contributed by atoms with E-state index < -0.39 is 5.79 Å². The molecule has 2 rings (SSSR count). The van der Waals surface area contributed by atoms with Gasteiger partial charge in [0.25, 0.3) is 0 Å². The molecule has 0 radical (unpaired) electrons. The molecule has 0 spiro atoms. The van der Waals surface area contributed by atoms with Gasteiger partial charge in [-0.25, -0.2) is 0 Å². The minimum atomic E-state index is -0.972. The van der Waals surface area contributed by atoms with Gasteiger partial charge in [0.05, 0.1) is 5.60 Å². The molecule has 0 heterocycles. The molecule has 3 unspecified atom stereocenters. The molecule has 0 saturated heterocycles. The molecule has 2 nitrogen and oxygen atoms in total. The van der Waals surface area contributed by atoms with E-state index in [1.807, 2.05) is 0 Å². The summed E-state index contributed by atoms with van der Waals surface area (Å²) in [6.45, 7) is 5.68. The minimum absolute atomic E-state index is 0.0127. The highest BCUT2D eigenvalue weighted by molar-refractivity contribution is 5.02. The Morgan fingerprint density at radius 2 is 2.14 bits per heavy atom. The van der Waals surface area contributed by atoms with E-state index >= 15 is 0 Å². The molecule has 1 N–H and O–H groups in total. The highest BCUT2D eigenvalue weighted by atomic mass is 16.6. The largest absolute Gasteiger partial charge is 0.366 e. The van der Waals surface area contributed by atoms with Gasteiger partial charge in [-0.2, -0.15) is 0 Å². The third-order valence-corrected chi connectivity index (χ3v) is 3.97. The highest BCUT2D eigenvalue weighted by Crippen LogP contribution is 2.54. The molecule has 2 saturated carbocycles. The van der Waals surface area contributed by atoms with E-state index in [0.29, 0.717) is 5.92 Å². The molecule has 82 valence electrons. The minimum Gasteiger partial charge on any atom is -0.366 e. The van der Waals surface area contributed by atoms with Gasteiger partial charge < -0.3 is 9.84 Å². The standard InChI is InChI=1S/C12H22O2/c1-4-12(14-11(2,3)13)8-9-5-6-10(12)7-9/h9-10,13H,4-8H2,1-3H3. The summed E-state index contributed by atoms with van der Waals surface area (Å²) in [7, 11) is 0. The third-order valence-electron chi connectivity index (χ3n) is 3.97. The number of aliphatic hydroxyl groups is 1. The average molecular weight is 198 g/mol. The van der Waals surface area contributed by atoms with Gasteiger partial charge in [0.1, 0.15) is 0 Å². The topological polar surface area (TPSA) is 29.5 Å². The Labute approximate surface area is 86.6 Å². The van der Waals surface area contributed by atoms with Crippen molar-refractivity contribution in [3.8, 4) is 0 Å². The average Bonchev–Trinajstić information content (AvgIpc) is 2.60. The first-order chi connectivity index (χ1) is 6.45. The summed E-state index contributed by atoms with van der Waals surface area (Å²) in [5.74, 6) is 0.590.